The third kappa shape index (κ3) is 2.54. The van der Waals surface area contributed by atoms with E-state index in [-0.39, 0.29) is 5.38 Å². The summed E-state index contributed by atoms with van der Waals surface area (Å²) in [5.41, 5.74) is 3.91. The lowest BCUT2D eigenvalue weighted by molar-refractivity contribution is 0.686. The molecule has 0 radical (unpaired) electrons. The highest BCUT2D eigenvalue weighted by Gasteiger charge is 2.20. The summed E-state index contributed by atoms with van der Waals surface area (Å²) in [5, 5.41) is 4.99. The lowest BCUT2D eigenvalue weighted by Crippen LogP contribution is -2.09. The molecular weight excluding hydrogens is 307 g/mol. The maximum Gasteiger partial charge on any atom is 0.159 e. The Morgan fingerprint density at radius 3 is 2.76 bits per heavy atom. The van der Waals surface area contributed by atoms with Gasteiger partial charge in [0.05, 0.1) is 17.6 Å². The molecule has 0 N–H and O–H groups in total. The van der Waals surface area contributed by atoms with Gasteiger partial charge in [-0.3, -0.25) is 4.68 Å². The van der Waals surface area contributed by atoms with E-state index in [1.54, 1.807) is 0 Å². The van der Waals surface area contributed by atoms with Gasteiger partial charge in [-0.15, -0.1) is 11.6 Å². The van der Waals surface area contributed by atoms with Gasteiger partial charge in [0.25, 0.3) is 0 Å². The van der Waals surface area contributed by atoms with E-state index in [9.17, 15) is 0 Å². The maximum absolute atomic E-state index is 6.30. The van der Waals surface area contributed by atoms with Crippen molar-refractivity contribution in [2.75, 3.05) is 0 Å². The number of imidazole rings is 1. The van der Waals surface area contributed by atoms with Gasteiger partial charge < -0.3 is 4.57 Å². The van der Waals surface area contributed by atoms with Gasteiger partial charge in [0, 0.05) is 12.1 Å². The number of rotatable bonds is 3. The number of alkyl halides is 1. The quantitative estimate of drug-likeness (QED) is 0.681. The first-order valence-electron chi connectivity index (χ1n) is 6.75. The first kappa shape index (κ1) is 14.4. The van der Waals surface area contributed by atoms with Crippen LogP contribution in [0.15, 0.2) is 24.3 Å². The zero-order chi connectivity index (χ0) is 15.1. The van der Waals surface area contributed by atoms with E-state index in [0.29, 0.717) is 6.54 Å². The zero-order valence-electron chi connectivity index (χ0n) is 12.1. The van der Waals surface area contributed by atoms with Crippen LogP contribution in [0.3, 0.4) is 0 Å². The first-order valence-corrected chi connectivity index (χ1v) is 7.57. The van der Waals surface area contributed by atoms with Crippen molar-refractivity contribution in [2.45, 2.75) is 25.8 Å². The van der Waals surface area contributed by atoms with Crippen LogP contribution in [-0.4, -0.2) is 19.3 Å². The molecule has 21 heavy (non-hydrogen) atoms. The van der Waals surface area contributed by atoms with Gasteiger partial charge >= 0.3 is 0 Å². The Bertz CT molecular complexity index is 801. The molecule has 1 unspecified atom stereocenters. The van der Waals surface area contributed by atoms with E-state index < -0.39 is 0 Å². The molecule has 6 heteroatoms. The predicted molar refractivity (Wildman–Crippen MR) is 86.1 cm³/mol. The van der Waals surface area contributed by atoms with Crippen molar-refractivity contribution < 1.29 is 0 Å². The fraction of sp³-hybridized carbons (Fsp3) is 0.333. The Balaban J connectivity index is 2.17. The van der Waals surface area contributed by atoms with Crippen molar-refractivity contribution >= 4 is 34.4 Å². The van der Waals surface area contributed by atoms with Gasteiger partial charge in [-0.2, -0.15) is 5.10 Å². The molecule has 4 nitrogen and oxygen atoms in total. The smallest absolute Gasteiger partial charge is 0.159 e. The number of nitrogens with zero attached hydrogens (tertiary/aromatic N) is 4. The van der Waals surface area contributed by atoms with Crippen LogP contribution in [0, 0.1) is 6.92 Å². The third-order valence-corrected chi connectivity index (χ3v) is 3.94. The Morgan fingerprint density at radius 2 is 2.10 bits per heavy atom. The number of fused-ring (bicyclic) bond motifs is 1. The lowest BCUT2D eigenvalue weighted by atomic mass is 10.2. The summed E-state index contributed by atoms with van der Waals surface area (Å²) >= 11 is 12.4. The van der Waals surface area contributed by atoms with E-state index >= 15 is 0 Å². The summed E-state index contributed by atoms with van der Waals surface area (Å²) in [4.78, 5) is 4.67. The summed E-state index contributed by atoms with van der Waals surface area (Å²) in [7, 11) is 1.92. The molecule has 0 aliphatic rings. The van der Waals surface area contributed by atoms with Crippen LogP contribution in [0.1, 0.15) is 29.4 Å². The topological polar surface area (TPSA) is 35.6 Å². The predicted octanol–water partition coefficient (Wildman–Crippen LogP) is 4.08. The zero-order valence-corrected chi connectivity index (χ0v) is 13.7. The van der Waals surface area contributed by atoms with E-state index in [1.807, 2.05) is 49.8 Å². The summed E-state index contributed by atoms with van der Waals surface area (Å²) in [6.07, 6.45) is 0. The highest BCUT2D eigenvalue weighted by atomic mass is 35.5. The fourth-order valence-electron chi connectivity index (χ4n) is 2.63. The Hall–Kier alpha value is -1.52. The average molecular weight is 323 g/mol. The lowest BCUT2D eigenvalue weighted by Gasteiger charge is -2.11. The van der Waals surface area contributed by atoms with Crippen LogP contribution in [0.25, 0.3) is 11.2 Å². The molecule has 0 bridgehead atoms. The molecule has 0 aliphatic carbocycles. The average Bonchev–Trinajstić information content (AvgIpc) is 2.90. The molecule has 0 fully saturated rings. The molecular formula is C15H16Cl2N4. The van der Waals surface area contributed by atoms with Crippen LogP contribution in [0.5, 0.6) is 0 Å². The number of benzene rings is 1. The van der Waals surface area contributed by atoms with E-state index in [0.717, 1.165) is 33.3 Å². The molecule has 2 aromatic heterocycles. The van der Waals surface area contributed by atoms with Gasteiger partial charge in [0.1, 0.15) is 11.3 Å². The van der Waals surface area contributed by atoms with Gasteiger partial charge in [0.2, 0.25) is 0 Å². The Labute approximate surface area is 133 Å². The molecule has 110 valence electrons. The van der Waals surface area contributed by atoms with Crippen LogP contribution in [0.4, 0.5) is 0 Å². The molecule has 0 saturated heterocycles. The van der Waals surface area contributed by atoms with Gasteiger partial charge in [-0.25, -0.2) is 4.98 Å². The largest absolute Gasteiger partial charge is 0.307 e. The number of aryl methyl sites for hydroxylation is 2. The highest BCUT2D eigenvalue weighted by Crippen LogP contribution is 2.27. The molecule has 0 saturated carbocycles. The van der Waals surface area contributed by atoms with Crippen LogP contribution >= 0.6 is 23.2 Å². The maximum atomic E-state index is 6.30. The molecule has 0 amide bonds. The van der Waals surface area contributed by atoms with Crippen LogP contribution < -0.4 is 0 Å². The monoisotopic (exact) mass is 322 g/mol. The summed E-state index contributed by atoms with van der Waals surface area (Å²) in [5.74, 6) is 0.850. The van der Waals surface area contributed by atoms with Gasteiger partial charge in [0.15, 0.2) is 5.65 Å². The Kier molecular flexibility index (Phi) is 3.68. The molecule has 2 heterocycles. The summed E-state index contributed by atoms with van der Waals surface area (Å²) < 4.78 is 3.96. The summed E-state index contributed by atoms with van der Waals surface area (Å²) in [6.45, 7) is 4.56. The van der Waals surface area contributed by atoms with Crippen molar-refractivity contribution in [3.8, 4) is 0 Å². The van der Waals surface area contributed by atoms with Crippen molar-refractivity contribution in [3.05, 3.63) is 46.4 Å². The van der Waals surface area contributed by atoms with E-state index in [2.05, 4.69) is 14.6 Å². The SMILES string of the molecule is Cc1nn(C)c2c1nc(C(C)Cl)n2Cc1cccc(Cl)c1. The van der Waals surface area contributed by atoms with E-state index in [1.165, 1.54) is 0 Å². The first-order chi connectivity index (χ1) is 9.97. The molecule has 0 aliphatic heterocycles. The van der Waals surface area contributed by atoms with Crippen LogP contribution in [0.2, 0.25) is 5.02 Å². The molecule has 0 spiro atoms. The number of halogens is 2. The second-order valence-electron chi connectivity index (χ2n) is 5.18. The van der Waals surface area contributed by atoms with Gasteiger partial charge in [-0.1, -0.05) is 23.7 Å². The van der Waals surface area contributed by atoms with Crippen molar-refractivity contribution in [3.63, 3.8) is 0 Å². The number of hydrogen-bond acceptors (Lipinski definition) is 2. The highest BCUT2D eigenvalue weighted by molar-refractivity contribution is 6.30. The van der Waals surface area contributed by atoms with Crippen molar-refractivity contribution in [2.24, 2.45) is 7.05 Å². The number of aromatic nitrogens is 4. The van der Waals surface area contributed by atoms with Crippen LogP contribution in [-0.2, 0) is 13.6 Å². The molecule has 3 rings (SSSR count). The minimum atomic E-state index is -0.170. The fourth-order valence-corrected chi connectivity index (χ4v) is 3.01. The minimum absolute atomic E-state index is 0.170. The van der Waals surface area contributed by atoms with E-state index in [4.69, 9.17) is 23.2 Å². The number of hydrogen-bond donors (Lipinski definition) is 0. The second-order valence-corrected chi connectivity index (χ2v) is 6.27. The van der Waals surface area contributed by atoms with Gasteiger partial charge in [-0.05, 0) is 31.5 Å². The third-order valence-electron chi connectivity index (χ3n) is 3.51. The second kappa shape index (κ2) is 5.35. The molecule has 1 aromatic carbocycles. The van der Waals surface area contributed by atoms with Crippen molar-refractivity contribution in [1.29, 1.82) is 0 Å². The normalized spacial score (nSPS) is 13.0. The van der Waals surface area contributed by atoms with Crippen molar-refractivity contribution in [1.82, 2.24) is 19.3 Å². The molecule has 3 aromatic rings. The summed E-state index contributed by atoms with van der Waals surface area (Å²) in [6, 6.07) is 7.82. The Morgan fingerprint density at radius 1 is 1.33 bits per heavy atom. The minimum Gasteiger partial charge on any atom is -0.307 e. The standard InChI is InChI=1S/C15H16Cl2N4/c1-9(16)14-18-13-10(2)19-20(3)15(13)21(14)8-11-5-4-6-12(17)7-11/h4-7,9H,8H2,1-3H3. The molecule has 1 atom stereocenters.